The van der Waals surface area contributed by atoms with Crippen LogP contribution in [-0.4, -0.2) is 66.9 Å². The molecule has 3 heterocycles. The van der Waals surface area contributed by atoms with Gasteiger partial charge in [0.15, 0.2) is 4.99 Å². The van der Waals surface area contributed by atoms with Crippen LogP contribution in [0.3, 0.4) is 0 Å². The summed E-state index contributed by atoms with van der Waals surface area (Å²) in [5, 5.41) is 3.99. The highest BCUT2D eigenvalue weighted by molar-refractivity contribution is 7.80. The number of para-hydroxylation sites is 1. The molecule has 1 aromatic heterocycles. The lowest BCUT2D eigenvalue weighted by Gasteiger charge is -2.46. The normalized spacial score (nSPS) is 27.7. The molecule has 3 aliphatic rings. The van der Waals surface area contributed by atoms with Crippen LogP contribution in [0.15, 0.2) is 42.5 Å². The zero-order chi connectivity index (χ0) is 27.5. The fourth-order valence-corrected chi connectivity index (χ4v) is 7.30. The summed E-state index contributed by atoms with van der Waals surface area (Å²) in [6.07, 6.45) is 5.54. The number of fused-ring (bicyclic) bond motifs is 4. The van der Waals surface area contributed by atoms with Crippen molar-refractivity contribution in [1.29, 1.82) is 0 Å². The molecule has 0 saturated heterocycles. The molecule has 1 N–H and O–H groups in total. The number of aromatic nitrogens is 1. The highest BCUT2D eigenvalue weighted by Crippen LogP contribution is 2.47. The van der Waals surface area contributed by atoms with Gasteiger partial charge in [0.1, 0.15) is 11.9 Å². The molecule has 2 aromatic carbocycles. The molecule has 0 radical (unpaired) electrons. The summed E-state index contributed by atoms with van der Waals surface area (Å²) in [5.41, 5.74) is 5.08. The molecule has 2 aliphatic heterocycles. The number of carbonyl (C=O) groups excluding carboxylic acids is 1. The van der Waals surface area contributed by atoms with Crippen LogP contribution in [0.4, 0.5) is 0 Å². The minimum Gasteiger partial charge on any atom is -0.770 e. The lowest BCUT2D eigenvalue weighted by Crippen LogP contribution is -2.65. The van der Waals surface area contributed by atoms with Crippen LogP contribution in [0.1, 0.15) is 67.8 Å². The Labute approximate surface area is 232 Å². The molecular weight excluding hydrogens is 512 g/mol. The fraction of sp³-hybridized carbons (Fsp3) is 0.500. The zero-order valence-electron chi connectivity index (χ0n) is 23.1. The second-order valence-corrected chi connectivity index (χ2v) is 12.8. The predicted molar refractivity (Wildman–Crippen MR) is 152 cm³/mol. The summed E-state index contributed by atoms with van der Waals surface area (Å²) >= 11 is -2.60. The van der Waals surface area contributed by atoms with Crippen LogP contribution < -0.4 is 10.1 Å². The van der Waals surface area contributed by atoms with E-state index in [1.807, 2.05) is 32.2 Å². The maximum atomic E-state index is 13.6. The number of hydrogen-bond acceptors (Lipinski definition) is 6. The summed E-state index contributed by atoms with van der Waals surface area (Å²) in [6.45, 7) is 4.69. The number of carbonyl (C=O) groups is 1. The highest BCUT2D eigenvalue weighted by atomic mass is 32.2. The summed E-state index contributed by atoms with van der Waals surface area (Å²) in [4.78, 5) is 15.8. The van der Waals surface area contributed by atoms with E-state index in [4.69, 9.17) is 4.74 Å². The van der Waals surface area contributed by atoms with E-state index < -0.39 is 22.0 Å². The Morgan fingerprint density at radius 2 is 1.82 bits per heavy atom. The molecule has 1 aliphatic carbocycles. The van der Waals surface area contributed by atoms with Crippen molar-refractivity contribution in [2.24, 2.45) is 0 Å². The summed E-state index contributed by atoms with van der Waals surface area (Å²) in [5.74, 6) is 0.899. The first kappa shape index (κ1) is 26.5. The lowest BCUT2D eigenvalue weighted by atomic mass is 9.81. The SMILES string of the molecule is CC1N(C)CC2Cn3c(c(C4CCCCC4)c4ccc(cc43)C(=O)NC(C)(S(=O)[O-])N1C)-c1ccccc1O2. The lowest BCUT2D eigenvalue weighted by molar-refractivity contribution is 0.0125. The molecule has 4 atom stereocenters. The van der Waals surface area contributed by atoms with Crippen molar-refractivity contribution in [3.63, 3.8) is 0 Å². The van der Waals surface area contributed by atoms with Gasteiger partial charge in [-0.2, -0.15) is 0 Å². The first-order chi connectivity index (χ1) is 18.7. The first-order valence-corrected chi connectivity index (χ1v) is 15.0. The second-order valence-electron chi connectivity index (χ2n) is 11.5. The Hall–Kier alpha value is -2.72. The van der Waals surface area contributed by atoms with Crippen molar-refractivity contribution in [3.05, 3.63) is 53.6 Å². The standard InChI is InChI=1S/C30H38N4O4S/c1-19-32(3)17-22-18-34-25-16-21(29(35)31-30(2,33(19)4)39(36)37)14-15-23(25)27(20-10-6-5-7-11-20)28(34)24-12-8-9-13-26(24)38-22/h8-9,12-16,19-20,22H,5-7,10-11,17-18H2,1-4H3,(H,31,35)(H,36,37)/p-1. The number of rotatable bonds is 2. The third-order valence-electron chi connectivity index (χ3n) is 9.23. The number of nitrogens with one attached hydrogen (secondary N) is 1. The van der Waals surface area contributed by atoms with Gasteiger partial charge in [-0.05, 0) is 87.6 Å². The van der Waals surface area contributed by atoms with Crippen LogP contribution in [0.25, 0.3) is 22.2 Å². The van der Waals surface area contributed by atoms with E-state index in [1.54, 1.807) is 11.9 Å². The third kappa shape index (κ3) is 4.40. The molecule has 1 saturated carbocycles. The van der Waals surface area contributed by atoms with Crippen molar-refractivity contribution in [3.8, 4) is 17.0 Å². The average molecular weight is 550 g/mol. The number of benzene rings is 2. The Morgan fingerprint density at radius 3 is 2.56 bits per heavy atom. The van der Waals surface area contributed by atoms with E-state index in [0.717, 1.165) is 29.7 Å². The van der Waals surface area contributed by atoms with Crippen molar-refractivity contribution >= 4 is 27.9 Å². The number of hydrogen-bond donors (Lipinski definition) is 1. The smallest absolute Gasteiger partial charge is 0.253 e. The van der Waals surface area contributed by atoms with Gasteiger partial charge >= 0.3 is 0 Å². The molecule has 9 heteroatoms. The molecule has 39 heavy (non-hydrogen) atoms. The largest absolute Gasteiger partial charge is 0.770 e. The maximum absolute atomic E-state index is 13.6. The van der Waals surface area contributed by atoms with E-state index in [9.17, 15) is 13.6 Å². The highest BCUT2D eigenvalue weighted by Gasteiger charge is 2.39. The van der Waals surface area contributed by atoms with Gasteiger partial charge < -0.3 is 19.2 Å². The molecule has 1 fully saturated rings. The van der Waals surface area contributed by atoms with Crippen molar-refractivity contribution in [2.45, 2.75) is 75.7 Å². The molecule has 0 spiro atoms. The predicted octanol–water partition coefficient (Wildman–Crippen LogP) is 4.62. The quantitative estimate of drug-likeness (QED) is 0.469. The van der Waals surface area contributed by atoms with Crippen LogP contribution in [-0.2, 0) is 17.6 Å². The van der Waals surface area contributed by atoms with Gasteiger partial charge in [-0.15, -0.1) is 0 Å². The number of amides is 1. The Balaban J connectivity index is 1.61. The summed E-state index contributed by atoms with van der Waals surface area (Å²) < 4.78 is 34.1. The monoisotopic (exact) mass is 549 g/mol. The Bertz CT molecular complexity index is 1450. The van der Waals surface area contributed by atoms with Gasteiger partial charge in [-0.3, -0.25) is 18.8 Å². The molecule has 1 amide bonds. The van der Waals surface area contributed by atoms with Gasteiger partial charge in [0.25, 0.3) is 5.91 Å². The van der Waals surface area contributed by atoms with E-state index >= 15 is 0 Å². The summed E-state index contributed by atoms with van der Waals surface area (Å²) in [7, 11) is 3.69. The average Bonchev–Trinajstić information content (AvgIpc) is 3.15. The van der Waals surface area contributed by atoms with Gasteiger partial charge in [-0.25, -0.2) is 0 Å². The number of nitrogens with zero attached hydrogens (tertiary/aromatic N) is 3. The fourth-order valence-electron chi connectivity index (χ4n) is 6.74. The maximum Gasteiger partial charge on any atom is 0.253 e. The van der Waals surface area contributed by atoms with Crippen molar-refractivity contribution in [1.82, 2.24) is 19.7 Å². The van der Waals surface area contributed by atoms with Crippen molar-refractivity contribution < 1.29 is 18.3 Å². The number of ether oxygens (including phenoxy) is 1. The molecule has 4 bridgehead atoms. The third-order valence-corrected chi connectivity index (χ3v) is 10.3. The minimum absolute atomic E-state index is 0.180. The van der Waals surface area contributed by atoms with Gasteiger partial charge in [-0.1, -0.05) is 37.5 Å². The van der Waals surface area contributed by atoms with Crippen LogP contribution >= 0.6 is 0 Å². The van der Waals surface area contributed by atoms with Crippen molar-refractivity contribution in [2.75, 3.05) is 20.6 Å². The van der Waals surface area contributed by atoms with Gasteiger partial charge in [0.2, 0.25) is 0 Å². The molecule has 208 valence electrons. The second kappa shape index (κ2) is 10.0. The first-order valence-electron chi connectivity index (χ1n) is 14.0. The topological polar surface area (TPSA) is 89.9 Å². The Kier molecular flexibility index (Phi) is 6.82. The van der Waals surface area contributed by atoms with E-state index in [2.05, 4.69) is 39.0 Å². The van der Waals surface area contributed by atoms with Crippen LogP contribution in [0.5, 0.6) is 5.75 Å². The van der Waals surface area contributed by atoms with E-state index in [0.29, 0.717) is 24.6 Å². The van der Waals surface area contributed by atoms with Crippen LogP contribution in [0.2, 0.25) is 0 Å². The minimum atomic E-state index is -2.60. The van der Waals surface area contributed by atoms with Crippen LogP contribution in [0, 0.1) is 0 Å². The van der Waals surface area contributed by atoms with Gasteiger partial charge in [0, 0.05) is 28.6 Å². The van der Waals surface area contributed by atoms with Gasteiger partial charge in [0.05, 0.1) is 18.4 Å². The number of likely N-dealkylation sites (N-methyl/N-ethyl adjacent to an activating group) is 1. The summed E-state index contributed by atoms with van der Waals surface area (Å²) in [6, 6.07) is 14.1. The molecule has 6 rings (SSSR count). The molecular formula is C30H37N4O4S-. The molecule has 8 nitrogen and oxygen atoms in total. The zero-order valence-corrected chi connectivity index (χ0v) is 23.9. The van der Waals surface area contributed by atoms with E-state index in [-0.39, 0.29) is 12.3 Å². The Morgan fingerprint density at radius 1 is 1.08 bits per heavy atom. The van der Waals surface area contributed by atoms with E-state index in [1.165, 1.54) is 42.8 Å². The molecule has 3 aromatic rings. The molecule has 4 unspecified atom stereocenters.